The summed E-state index contributed by atoms with van der Waals surface area (Å²) in [7, 11) is 0. The van der Waals surface area contributed by atoms with Crippen molar-refractivity contribution < 1.29 is 9.53 Å². The van der Waals surface area contributed by atoms with Crippen LogP contribution in [0.4, 0.5) is 4.79 Å². The van der Waals surface area contributed by atoms with Crippen LogP contribution in [0, 0.1) is 11.3 Å². The lowest BCUT2D eigenvalue weighted by atomic mass is 9.57. The number of amides is 2. The molecule has 1 aliphatic heterocycles. The molecule has 2 amide bonds. The highest BCUT2D eigenvalue weighted by Gasteiger charge is 2.59. The van der Waals surface area contributed by atoms with Crippen LogP contribution in [0.2, 0.25) is 0 Å². The summed E-state index contributed by atoms with van der Waals surface area (Å²) in [4.78, 5) is 12.3. The van der Waals surface area contributed by atoms with Crippen LogP contribution in [0.3, 0.4) is 0 Å². The Hall–Kier alpha value is -2.34. The van der Waals surface area contributed by atoms with Crippen LogP contribution in [-0.4, -0.2) is 34.6 Å². The van der Waals surface area contributed by atoms with E-state index in [0.29, 0.717) is 12.5 Å². The quantitative estimate of drug-likeness (QED) is 0.898. The zero-order chi connectivity index (χ0) is 17.4. The van der Waals surface area contributed by atoms with Gasteiger partial charge in [-0.2, -0.15) is 5.10 Å². The number of carbonyl (C=O) groups excluding carboxylic acids is 1. The van der Waals surface area contributed by atoms with Crippen LogP contribution in [0.25, 0.3) is 5.69 Å². The molecule has 2 fully saturated rings. The number of carbonyl (C=O) groups is 1. The zero-order valence-corrected chi connectivity index (χ0v) is 14.6. The number of hydrogen-bond acceptors (Lipinski definition) is 3. The monoisotopic (exact) mass is 340 g/mol. The van der Waals surface area contributed by atoms with Crippen molar-refractivity contribution in [3.63, 3.8) is 0 Å². The molecule has 1 aliphatic carbocycles. The molecule has 6 nitrogen and oxygen atoms in total. The summed E-state index contributed by atoms with van der Waals surface area (Å²) in [6, 6.07) is 9.96. The third-order valence-electron chi connectivity index (χ3n) is 5.50. The normalized spacial score (nSPS) is 26.6. The molecule has 1 saturated carbocycles. The number of nitrogens with one attached hydrogen (secondary N) is 2. The van der Waals surface area contributed by atoms with Gasteiger partial charge in [-0.25, -0.2) is 9.48 Å². The number of hydrogen-bond donors (Lipinski definition) is 2. The zero-order valence-electron chi connectivity index (χ0n) is 14.6. The van der Waals surface area contributed by atoms with E-state index in [0.717, 1.165) is 24.3 Å². The van der Waals surface area contributed by atoms with Gasteiger partial charge in [-0.3, -0.25) is 0 Å². The third-order valence-corrected chi connectivity index (χ3v) is 5.50. The second-order valence-corrected chi connectivity index (χ2v) is 7.50. The molecule has 1 aromatic carbocycles. The summed E-state index contributed by atoms with van der Waals surface area (Å²) in [6.45, 7) is 5.58. The average Bonchev–Trinajstić information content (AvgIpc) is 3.27. The first-order valence-corrected chi connectivity index (χ1v) is 8.80. The van der Waals surface area contributed by atoms with Gasteiger partial charge in [0.2, 0.25) is 0 Å². The maximum Gasteiger partial charge on any atom is 0.315 e. The highest BCUT2D eigenvalue weighted by Crippen LogP contribution is 2.52. The first-order valence-electron chi connectivity index (χ1n) is 8.80. The maximum atomic E-state index is 12.3. The van der Waals surface area contributed by atoms with E-state index in [9.17, 15) is 4.79 Å². The Morgan fingerprint density at radius 3 is 2.96 bits per heavy atom. The number of aromatic nitrogens is 2. The fraction of sp³-hybridized carbons (Fsp3) is 0.474. The predicted octanol–water partition coefficient (Wildman–Crippen LogP) is 2.49. The van der Waals surface area contributed by atoms with Crippen LogP contribution in [0.15, 0.2) is 42.7 Å². The van der Waals surface area contributed by atoms with Gasteiger partial charge < -0.3 is 15.4 Å². The minimum absolute atomic E-state index is 0.00327. The Labute approximate surface area is 147 Å². The van der Waals surface area contributed by atoms with Crippen LogP contribution in [-0.2, 0) is 11.3 Å². The molecule has 0 unspecified atom stereocenters. The standard InChI is InChI=1S/C19H24N4O2/c1-19(2)16(15-8-9-25-17(15)19)22-18(24)20-10-13-11-21-23(12-13)14-6-4-3-5-7-14/h3-7,11-12,15-17H,8-10H2,1-2H3,(H2,20,22,24)/t15-,16-,17+/m1/s1. The van der Waals surface area contributed by atoms with E-state index in [4.69, 9.17) is 4.74 Å². The van der Waals surface area contributed by atoms with Gasteiger partial charge in [-0.1, -0.05) is 32.0 Å². The third kappa shape index (κ3) is 2.91. The SMILES string of the molecule is CC1(C)[C@H](NC(=O)NCc2cnn(-c3ccccc3)c2)[C@H]2CCO[C@@H]21. The highest BCUT2D eigenvalue weighted by atomic mass is 16.5. The van der Waals surface area contributed by atoms with Gasteiger partial charge in [0.25, 0.3) is 0 Å². The van der Waals surface area contributed by atoms with Crippen molar-refractivity contribution in [1.82, 2.24) is 20.4 Å². The second-order valence-electron chi connectivity index (χ2n) is 7.50. The summed E-state index contributed by atoms with van der Waals surface area (Å²) < 4.78 is 7.58. The van der Waals surface area contributed by atoms with Crippen molar-refractivity contribution in [2.24, 2.45) is 11.3 Å². The lowest BCUT2D eigenvalue weighted by Crippen LogP contribution is -2.67. The van der Waals surface area contributed by atoms with Gasteiger partial charge in [0.15, 0.2) is 0 Å². The molecule has 2 N–H and O–H groups in total. The van der Waals surface area contributed by atoms with E-state index in [1.807, 2.05) is 41.2 Å². The lowest BCUT2D eigenvalue weighted by molar-refractivity contribution is -0.108. The molecule has 2 aliphatic rings. The topological polar surface area (TPSA) is 68.2 Å². The average molecular weight is 340 g/mol. The van der Waals surface area contributed by atoms with Crippen molar-refractivity contribution in [3.8, 4) is 5.69 Å². The van der Waals surface area contributed by atoms with Crippen LogP contribution >= 0.6 is 0 Å². The Morgan fingerprint density at radius 2 is 2.16 bits per heavy atom. The summed E-state index contributed by atoms with van der Waals surface area (Å²) >= 11 is 0. The first-order chi connectivity index (χ1) is 12.1. The van der Waals surface area contributed by atoms with Gasteiger partial charge in [0, 0.05) is 42.3 Å². The Balaban J connectivity index is 1.32. The van der Waals surface area contributed by atoms with E-state index < -0.39 is 0 Å². The Morgan fingerprint density at radius 1 is 1.36 bits per heavy atom. The number of nitrogens with zero attached hydrogens (tertiary/aromatic N) is 2. The maximum absolute atomic E-state index is 12.3. The van der Waals surface area contributed by atoms with Gasteiger partial charge in [-0.05, 0) is 18.6 Å². The summed E-state index contributed by atoms with van der Waals surface area (Å²) in [5.74, 6) is 0.446. The molecule has 2 heterocycles. The van der Waals surface area contributed by atoms with Crippen LogP contribution in [0.1, 0.15) is 25.8 Å². The molecule has 6 heteroatoms. The predicted molar refractivity (Wildman–Crippen MR) is 94.4 cm³/mol. The molecule has 132 valence electrons. The van der Waals surface area contributed by atoms with Crippen molar-refractivity contribution in [1.29, 1.82) is 0 Å². The van der Waals surface area contributed by atoms with Crippen LogP contribution < -0.4 is 10.6 Å². The van der Waals surface area contributed by atoms with E-state index in [-0.39, 0.29) is 23.6 Å². The summed E-state index contributed by atoms with van der Waals surface area (Å²) in [5.41, 5.74) is 1.96. The van der Waals surface area contributed by atoms with E-state index in [1.165, 1.54) is 0 Å². The fourth-order valence-electron chi connectivity index (χ4n) is 4.17. The molecule has 1 saturated heterocycles. The highest BCUT2D eigenvalue weighted by molar-refractivity contribution is 5.74. The number of ether oxygens (including phenoxy) is 1. The molecule has 25 heavy (non-hydrogen) atoms. The van der Waals surface area contributed by atoms with Crippen LogP contribution in [0.5, 0.6) is 0 Å². The number of rotatable bonds is 4. The smallest absolute Gasteiger partial charge is 0.315 e. The number of benzene rings is 1. The molecular formula is C19H24N4O2. The summed E-state index contributed by atoms with van der Waals surface area (Å²) in [5, 5.41) is 10.4. The molecule has 0 radical (unpaired) electrons. The van der Waals surface area contributed by atoms with E-state index in [1.54, 1.807) is 6.20 Å². The molecule has 1 aromatic heterocycles. The molecule has 3 atom stereocenters. The minimum Gasteiger partial charge on any atom is -0.377 e. The van der Waals surface area contributed by atoms with Crippen molar-refractivity contribution >= 4 is 6.03 Å². The molecular weight excluding hydrogens is 316 g/mol. The van der Waals surface area contributed by atoms with Gasteiger partial charge in [0.05, 0.1) is 18.0 Å². The first kappa shape index (κ1) is 16.1. The summed E-state index contributed by atoms with van der Waals surface area (Å²) in [6.07, 6.45) is 5.02. The molecule has 4 rings (SSSR count). The largest absolute Gasteiger partial charge is 0.377 e. The van der Waals surface area contributed by atoms with Gasteiger partial charge in [0.1, 0.15) is 0 Å². The lowest BCUT2D eigenvalue weighted by Gasteiger charge is -2.54. The van der Waals surface area contributed by atoms with Gasteiger partial charge in [-0.15, -0.1) is 0 Å². The second kappa shape index (κ2) is 6.19. The Bertz CT molecular complexity index is 756. The van der Waals surface area contributed by atoms with E-state index in [2.05, 4.69) is 29.6 Å². The Kier molecular flexibility index (Phi) is 4.00. The van der Waals surface area contributed by atoms with Gasteiger partial charge >= 0.3 is 6.03 Å². The van der Waals surface area contributed by atoms with Crippen molar-refractivity contribution in [2.75, 3.05) is 6.61 Å². The minimum atomic E-state index is -0.129. The fourth-order valence-corrected chi connectivity index (χ4v) is 4.17. The van der Waals surface area contributed by atoms with E-state index >= 15 is 0 Å². The number of para-hydroxylation sites is 1. The number of fused-ring (bicyclic) bond motifs is 1. The van der Waals surface area contributed by atoms with Crippen molar-refractivity contribution in [3.05, 3.63) is 48.3 Å². The molecule has 0 bridgehead atoms. The molecule has 2 aromatic rings. The van der Waals surface area contributed by atoms with Crippen molar-refractivity contribution in [2.45, 2.75) is 39.0 Å². The molecule has 0 spiro atoms. The number of urea groups is 1.